The van der Waals surface area contributed by atoms with Crippen LogP contribution in [0.25, 0.3) is 11.2 Å². The van der Waals surface area contributed by atoms with Crippen molar-refractivity contribution in [2.24, 2.45) is 0 Å². The summed E-state index contributed by atoms with van der Waals surface area (Å²) < 4.78 is 7.56. The molecule has 4 aromatic rings. The first-order valence-corrected chi connectivity index (χ1v) is 12.9. The van der Waals surface area contributed by atoms with Gasteiger partial charge in [-0.1, -0.05) is 60.7 Å². The molecule has 0 saturated carbocycles. The minimum absolute atomic E-state index is 0. The van der Waals surface area contributed by atoms with Crippen molar-refractivity contribution in [2.75, 3.05) is 19.7 Å². The Bertz CT molecular complexity index is 1330. The van der Waals surface area contributed by atoms with Gasteiger partial charge in [0.1, 0.15) is 6.61 Å². The van der Waals surface area contributed by atoms with Crippen LogP contribution < -0.4 is 5.69 Å². The van der Waals surface area contributed by atoms with Crippen molar-refractivity contribution in [1.82, 2.24) is 24.3 Å². The molecule has 1 aliphatic heterocycles. The summed E-state index contributed by atoms with van der Waals surface area (Å²) in [4.78, 5) is 36.6. The summed E-state index contributed by atoms with van der Waals surface area (Å²) in [6.45, 7) is 5.06. The molecule has 1 N–H and O–H groups in total. The Hall–Kier alpha value is -3.56. The van der Waals surface area contributed by atoms with Crippen LogP contribution in [-0.4, -0.2) is 56.2 Å². The molecular weight excluding hydrogens is 498 g/mol. The van der Waals surface area contributed by atoms with Crippen LogP contribution in [0.4, 0.5) is 4.79 Å². The first-order valence-electron chi connectivity index (χ1n) is 12.9. The van der Waals surface area contributed by atoms with Crippen LogP contribution >= 0.6 is 13.5 Å². The molecule has 1 aliphatic rings. The summed E-state index contributed by atoms with van der Waals surface area (Å²) >= 11 is 0. The zero-order chi connectivity index (χ0) is 25.6. The molecule has 200 valence electrons. The first kappa shape index (κ1) is 27.5. The lowest BCUT2D eigenvalue weighted by molar-refractivity contribution is 0.0567. The molecule has 1 atom stereocenters. The van der Waals surface area contributed by atoms with Gasteiger partial charge in [-0.3, -0.25) is 14.5 Å². The van der Waals surface area contributed by atoms with Crippen LogP contribution in [0.1, 0.15) is 36.9 Å². The molecule has 9 heteroatoms. The highest BCUT2D eigenvalue weighted by Crippen LogP contribution is 2.25. The highest BCUT2D eigenvalue weighted by Gasteiger charge is 2.27. The number of ether oxygens (including phenoxy) is 1. The van der Waals surface area contributed by atoms with Crippen molar-refractivity contribution >= 4 is 30.8 Å². The first-order chi connectivity index (χ1) is 18.1. The number of likely N-dealkylation sites (tertiary alicyclic amines) is 1. The Labute approximate surface area is 229 Å². The smallest absolute Gasteiger partial charge is 0.409 e. The quantitative estimate of drug-likeness (QED) is 0.355. The lowest BCUT2D eigenvalue weighted by Gasteiger charge is -2.33. The summed E-state index contributed by atoms with van der Waals surface area (Å²) in [6.07, 6.45) is 2.77. The molecule has 2 aromatic heterocycles. The molecule has 0 spiro atoms. The maximum atomic E-state index is 12.9. The molecule has 5 rings (SSSR count). The normalized spacial score (nSPS) is 14.8. The largest absolute Gasteiger partial charge is 0.448 e. The fourth-order valence-electron chi connectivity index (χ4n) is 5.02. The molecule has 0 bridgehead atoms. The average molecular weight is 534 g/mol. The maximum Gasteiger partial charge on any atom is 0.409 e. The number of benzene rings is 2. The number of nitrogens with one attached hydrogen (secondary N) is 1. The Morgan fingerprint density at radius 3 is 2.21 bits per heavy atom. The van der Waals surface area contributed by atoms with Gasteiger partial charge in [-0.15, -0.1) is 0 Å². The van der Waals surface area contributed by atoms with Gasteiger partial charge in [-0.2, -0.15) is 13.5 Å². The van der Waals surface area contributed by atoms with E-state index in [-0.39, 0.29) is 37.4 Å². The molecule has 0 unspecified atom stereocenters. The molecule has 0 radical (unpaired) electrons. The van der Waals surface area contributed by atoms with Crippen LogP contribution in [0.5, 0.6) is 0 Å². The van der Waals surface area contributed by atoms with Gasteiger partial charge in [0.15, 0.2) is 5.65 Å². The standard InChI is InChI=1S/C29H33N5O3.H2S/c1-22(33(19-23-9-4-2-5-10-23)20-24-11-6-3-7-12-24)21-37-29(36)32-17-14-25(15-18-32)34-26-13-8-16-30-27(26)31-28(34)35;/h2-13,16,22,25H,14-15,17-21H2,1H3,(H,30,31,35);1H2/t22-;/m0./s1. The minimum Gasteiger partial charge on any atom is -0.448 e. The number of carbonyl (C=O) groups is 1. The van der Waals surface area contributed by atoms with Gasteiger partial charge in [0.2, 0.25) is 0 Å². The third kappa shape index (κ3) is 6.46. The van der Waals surface area contributed by atoms with Crippen molar-refractivity contribution in [1.29, 1.82) is 0 Å². The molecule has 8 nitrogen and oxygen atoms in total. The summed E-state index contributed by atoms with van der Waals surface area (Å²) in [6, 6.07) is 24.5. The van der Waals surface area contributed by atoms with Gasteiger partial charge < -0.3 is 9.64 Å². The second-order valence-electron chi connectivity index (χ2n) is 9.69. The van der Waals surface area contributed by atoms with E-state index >= 15 is 0 Å². The number of piperidine rings is 1. The molecule has 0 aliphatic carbocycles. The second kappa shape index (κ2) is 12.8. The lowest BCUT2D eigenvalue weighted by atomic mass is 10.1. The number of rotatable bonds is 8. The van der Waals surface area contributed by atoms with Gasteiger partial charge in [-0.25, -0.2) is 14.6 Å². The number of aromatic nitrogens is 3. The minimum atomic E-state index is -0.294. The van der Waals surface area contributed by atoms with E-state index in [9.17, 15) is 9.59 Å². The van der Waals surface area contributed by atoms with Crippen molar-refractivity contribution in [2.45, 2.75) is 44.9 Å². The predicted molar refractivity (Wildman–Crippen MR) is 154 cm³/mol. The van der Waals surface area contributed by atoms with E-state index in [1.165, 1.54) is 11.1 Å². The summed E-state index contributed by atoms with van der Waals surface area (Å²) in [5.41, 5.74) is 3.70. The summed E-state index contributed by atoms with van der Waals surface area (Å²) in [5, 5.41) is 0. The molecule has 38 heavy (non-hydrogen) atoms. The number of pyridine rings is 1. The SMILES string of the molecule is C[C@@H](COC(=O)N1CCC(n2c(=O)[nH]c3ncccc32)CC1)N(Cc1ccccc1)Cc1ccccc1.S. The van der Waals surface area contributed by atoms with Gasteiger partial charge in [0.25, 0.3) is 0 Å². The molecular formula is C29H35N5O3S. The molecule has 1 amide bonds. The van der Waals surface area contributed by atoms with E-state index in [2.05, 4.69) is 46.1 Å². The van der Waals surface area contributed by atoms with Crippen LogP contribution in [0.2, 0.25) is 0 Å². The number of aromatic amines is 1. The number of H-pyrrole nitrogens is 1. The summed E-state index contributed by atoms with van der Waals surface area (Å²) in [5.74, 6) is 0. The lowest BCUT2D eigenvalue weighted by Crippen LogP contribution is -2.42. The van der Waals surface area contributed by atoms with Gasteiger partial charge >= 0.3 is 11.8 Å². The zero-order valence-electron chi connectivity index (χ0n) is 21.6. The Morgan fingerprint density at radius 2 is 1.61 bits per heavy atom. The Kier molecular flexibility index (Phi) is 9.25. The van der Waals surface area contributed by atoms with E-state index in [0.717, 1.165) is 18.6 Å². The number of nitrogens with zero attached hydrogens (tertiary/aromatic N) is 4. The van der Waals surface area contributed by atoms with E-state index in [0.29, 0.717) is 38.2 Å². The van der Waals surface area contributed by atoms with Gasteiger partial charge in [0.05, 0.1) is 5.52 Å². The van der Waals surface area contributed by atoms with Crippen LogP contribution in [0, 0.1) is 0 Å². The van der Waals surface area contributed by atoms with Crippen molar-refractivity contribution in [3.05, 3.63) is 101 Å². The second-order valence-corrected chi connectivity index (χ2v) is 9.69. The maximum absolute atomic E-state index is 12.9. The van der Waals surface area contributed by atoms with E-state index in [4.69, 9.17) is 4.74 Å². The van der Waals surface area contributed by atoms with Crippen LogP contribution in [0.15, 0.2) is 83.8 Å². The highest BCUT2D eigenvalue weighted by molar-refractivity contribution is 7.59. The van der Waals surface area contributed by atoms with E-state index in [1.54, 1.807) is 15.7 Å². The summed E-state index contributed by atoms with van der Waals surface area (Å²) in [7, 11) is 0. The molecule has 1 saturated heterocycles. The predicted octanol–water partition coefficient (Wildman–Crippen LogP) is 4.70. The van der Waals surface area contributed by atoms with Crippen molar-refractivity contribution < 1.29 is 9.53 Å². The number of hydrogen-bond acceptors (Lipinski definition) is 5. The molecule has 2 aromatic carbocycles. The number of fused-ring (bicyclic) bond motifs is 1. The van der Waals surface area contributed by atoms with E-state index < -0.39 is 0 Å². The average Bonchev–Trinajstić information content (AvgIpc) is 3.28. The fourth-order valence-corrected chi connectivity index (χ4v) is 5.02. The molecule has 3 heterocycles. The van der Waals surface area contributed by atoms with E-state index in [1.807, 2.05) is 48.5 Å². The van der Waals surface area contributed by atoms with Crippen molar-refractivity contribution in [3.63, 3.8) is 0 Å². The number of hydrogen-bond donors (Lipinski definition) is 1. The van der Waals surface area contributed by atoms with Gasteiger partial charge in [-0.05, 0) is 43.0 Å². The van der Waals surface area contributed by atoms with Gasteiger partial charge in [0, 0.05) is 44.5 Å². The fraction of sp³-hybridized carbons (Fsp3) is 0.345. The highest BCUT2D eigenvalue weighted by atomic mass is 32.1. The number of carbonyl (C=O) groups excluding carboxylic acids is 1. The van der Waals surface area contributed by atoms with Crippen LogP contribution in [-0.2, 0) is 17.8 Å². The topological polar surface area (TPSA) is 83.5 Å². The molecule has 1 fully saturated rings. The zero-order valence-corrected chi connectivity index (χ0v) is 22.6. The monoisotopic (exact) mass is 533 g/mol. The third-order valence-corrected chi connectivity index (χ3v) is 7.11. The Morgan fingerprint density at radius 1 is 1.00 bits per heavy atom. The number of amides is 1. The third-order valence-electron chi connectivity index (χ3n) is 7.11. The van der Waals surface area contributed by atoms with Crippen LogP contribution in [0.3, 0.4) is 0 Å². The van der Waals surface area contributed by atoms with Crippen molar-refractivity contribution in [3.8, 4) is 0 Å². The number of imidazole rings is 1. The Balaban J connectivity index is 0.00000336.